The van der Waals surface area contributed by atoms with Crippen LogP contribution in [0.1, 0.15) is 29.8 Å². The zero-order valence-electron chi connectivity index (χ0n) is 16.9. The summed E-state index contributed by atoms with van der Waals surface area (Å²) in [5.41, 5.74) is -1.46. The molecule has 1 amide bonds. The first-order valence-electron chi connectivity index (χ1n) is 10.1. The fourth-order valence-electron chi connectivity index (χ4n) is 4.53. The van der Waals surface area contributed by atoms with Gasteiger partial charge in [-0.25, -0.2) is 9.36 Å². The molecule has 2 aliphatic heterocycles. The zero-order valence-corrected chi connectivity index (χ0v) is 17.7. The molecule has 2 unspecified atom stereocenters. The Kier molecular flexibility index (Phi) is 4.93. The fraction of sp³-hybridized carbons (Fsp3) is 0.273. The Balaban J connectivity index is 1.42. The van der Waals surface area contributed by atoms with Gasteiger partial charge < -0.3 is 14.7 Å². The molecular weight excluding hydrogens is 463 g/mol. The third kappa shape index (κ3) is 3.54. The fourth-order valence-corrected chi connectivity index (χ4v) is 4.66. The van der Waals surface area contributed by atoms with Gasteiger partial charge in [0.2, 0.25) is 5.88 Å². The number of carbonyl (C=O) groups excluding carboxylic acids is 1. The number of imidazole rings is 1. The molecule has 0 radical (unpaired) electrons. The molecule has 2 aliphatic rings. The largest absolute Gasteiger partial charge is 0.493 e. The minimum absolute atomic E-state index is 0.0995. The summed E-state index contributed by atoms with van der Waals surface area (Å²) in [6.07, 6.45) is -4.15. The molecule has 5 rings (SSSR count). The maximum Gasteiger partial charge on any atom is 0.416 e. The van der Waals surface area contributed by atoms with Crippen LogP contribution in [0.15, 0.2) is 53.3 Å². The highest BCUT2D eigenvalue weighted by Gasteiger charge is 2.49. The number of hydrogen-bond acceptors (Lipinski definition) is 4. The van der Waals surface area contributed by atoms with Gasteiger partial charge in [-0.15, -0.1) is 0 Å². The summed E-state index contributed by atoms with van der Waals surface area (Å²) >= 11 is 5.83. The zero-order chi connectivity index (χ0) is 23.5. The average Bonchev–Trinajstić information content (AvgIpc) is 3.44. The monoisotopic (exact) mass is 479 g/mol. The lowest BCUT2D eigenvalue weighted by atomic mass is 10.1. The van der Waals surface area contributed by atoms with Gasteiger partial charge >= 0.3 is 11.9 Å². The number of rotatable bonds is 4. The first kappa shape index (κ1) is 21.4. The van der Waals surface area contributed by atoms with Gasteiger partial charge in [0.15, 0.2) is 6.61 Å². The van der Waals surface area contributed by atoms with Gasteiger partial charge in [-0.3, -0.25) is 9.36 Å². The van der Waals surface area contributed by atoms with E-state index in [0.29, 0.717) is 17.2 Å². The van der Waals surface area contributed by atoms with Gasteiger partial charge in [0.05, 0.1) is 23.3 Å². The van der Waals surface area contributed by atoms with E-state index in [0.717, 1.165) is 16.7 Å². The van der Waals surface area contributed by atoms with Crippen molar-refractivity contribution in [2.45, 2.75) is 24.7 Å². The van der Waals surface area contributed by atoms with Crippen molar-refractivity contribution < 1.29 is 27.8 Å². The Morgan fingerprint density at radius 3 is 2.61 bits per heavy atom. The van der Waals surface area contributed by atoms with Crippen LogP contribution in [0.3, 0.4) is 0 Å². The summed E-state index contributed by atoms with van der Waals surface area (Å²) in [4.78, 5) is 27.3. The van der Waals surface area contributed by atoms with Crippen LogP contribution in [0.2, 0.25) is 5.02 Å². The van der Waals surface area contributed by atoms with Crippen LogP contribution in [-0.2, 0) is 11.0 Å². The summed E-state index contributed by atoms with van der Waals surface area (Å²) in [6, 6.07) is 9.75. The SMILES string of the molecule is O=C(COc1ccc(Cl)cc1)N1CC2CC1c1c(O)n(-c3cccc(C(F)(F)F)c3)c(=O)n12. The molecule has 0 saturated carbocycles. The lowest BCUT2D eigenvalue weighted by Gasteiger charge is -2.27. The Morgan fingerprint density at radius 1 is 1.18 bits per heavy atom. The molecule has 33 heavy (non-hydrogen) atoms. The number of amides is 1. The molecule has 0 aliphatic carbocycles. The van der Waals surface area contributed by atoms with Crippen LogP contribution >= 0.6 is 11.6 Å². The van der Waals surface area contributed by atoms with Crippen LogP contribution in [0, 0.1) is 0 Å². The first-order valence-corrected chi connectivity index (χ1v) is 10.4. The van der Waals surface area contributed by atoms with E-state index in [2.05, 4.69) is 0 Å². The van der Waals surface area contributed by atoms with Crippen LogP contribution in [0.5, 0.6) is 11.6 Å². The maximum atomic E-state index is 13.1. The van der Waals surface area contributed by atoms with Gasteiger partial charge in [0.1, 0.15) is 11.4 Å². The van der Waals surface area contributed by atoms with Crippen molar-refractivity contribution in [3.63, 3.8) is 0 Å². The molecule has 3 heterocycles. The number of benzene rings is 2. The van der Waals surface area contributed by atoms with Crippen molar-refractivity contribution in [1.82, 2.24) is 14.0 Å². The molecule has 7 nitrogen and oxygen atoms in total. The minimum Gasteiger partial charge on any atom is -0.493 e. The van der Waals surface area contributed by atoms with Gasteiger partial charge in [-0.1, -0.05) is 17.7 Å². The van der Waals surface area contributed by atoms with Crippen LogP contribution < -0.4 is 10.4 Å². The normalized spacial score (nSPS) is 19.1. The van der Waals surface area contributed by atoms with Crippen molar-refractivity contribution in [3.8, 4) is 17.3 Å². The first-order chi connectivity index (χ1) is 15.6. The molecule has 2 atom stereocenters. The second-order valence-electron chi connectivity index (χ2n) is 7.94. The van der Waals surface area contributed by atoms with Crippen molar-refractivity contribution in [3.05, 3.63) is 75.3 Å². The number of likely N-dealkylation sites (tertiary alicyclic amines) is 1. The Labute approximate surface area is 190 Å². The summed E-state index contributed by atoms with van der Waals surface area (Å²) in [7, 11) is 0. The molecule has 0 spiro atoms. The lowest BCUT2D eigenvalue weighted by Crippen LogP contribution is -2.40. The molecule has 1 fully saturated rings. The highest BCUT2D eigenvalue weighted by molar-refractivity contribution is 6.30. The predicted molar refractivity (Wildman–Crippen MR) is 112 cm³/mol. The van der Waals surface area contributed by atoms with E-state index in [-0.39, 0.29) is 36.5 Å². The number of ether oxygens (including phenoxy) is 1. The molecule has 1 saturated heterocycles. The van der Waals surface area contributed by atoms with Crippen molar-refractivity contribution >= 4 is 17.5 Å². The van der Waals surface area contributed by atoms with E-state index >= 15 is 0 Å². The molecule has 172 valence electrons. The number of carbonyl (C=O) groups is 1. The standard InChI is InChI=1S/C22H17ClF3N3O4/c23-13-4-6-16(7-5-13)33-11-18(30)27-10-15-9-17(27)19-20(31)29(21(32)28(15)19)14-3-1-2-12(8-14)22(24,25)26/h1-8,15,17,31H,9-11H2. The molecule has 1 N–H and O–H groups in total. The number of fused-ring (bicyclic) bond motifs is 5. The Bertz CT molecular complexity index is 1300. The molecule has 1 aromatic heterocycles. The molecule has 2 aromatic carbocycles. The molecule has 3 aromatic rings. The number of alkyl halides is 3. The van der Waals surface area contributed by atoms with Gasteiger partial charge in [-0.05, 0) is 48.9 Å². The van der Waals surface area contributed by atoms with Crippen LogP contribution in [0.25, 0.3) is 5.69 Å². The Morgan fingerprint density at radius 2 is 1.91 bits per heavy atom. The van der Waals surface area contributed by atoms with Gasteiger partial charge in [-0.2, -0.15) is 13.2 Å². The van der Waals surface area contributed by atoms with E-state index in [9.17, 15) is 27.9 Å². The minimum atomic E-state index is -4.59. The summed E-state index contributed by atoms with van der Waals surface area (Å²) in [6.45, 7) is -0.00336. The predicted octanol–water partition coefficient (Wildman–Crippen LogP) is 3.92. The maximum absolute atomic E-state index is 13.1. The van der Waals surface area contributed by atoms with E-state index < -0.39 is 29.4 Å². The summed E-state index contributed by atoms with van der Waals surface area (Å²) < 4.78 is 47.1. The van der Waals surface area contributed by atoms with Crippen LogP contribution in [0.4, 0.5) is 13.2 Å². The molecular formula is C22H17ClF3N3O4. The third-order valence-corrected chi connectivity index (χ3v) is 6.24. The highest BCUT2D eigenvalue weighted by atomic mass is 35.5. The van der Waals surface area contributed by atoms with Gasteiger partial charge in [0, 0.05) is 11.6 Å². The molecule has 2 bridgehead atoms. The van der Waals surface area contributed by atoms with E-state index in [4.69, 9.17) is 16.3 Å². The topological polar surface area (TPSA) is 76.7 Å². The number of aromatic hydroxyl groups is 1. The van der Waals surface area contributed by atoms with Crippen molar-refractivity contribution in [1.29, 1.82) is 0 Å². The Hall–Kier alpha value is -3.40. The highest BCUT2D eigenvalue weighted by Crippen LogP contribution is 2.48. The number of halogens is 4. The van der Waals surface area contributed by atoms with E-state index in [1.165, 1.54) is 21.6 Å². The number of aromatic nitrogens is 2. The molecule has 11 heteroatoms. The van der Waals surface area contributed by atoms with Gasteiger partial charge in [0.25, 0.3) is 5.91 Å². The van der Waals surface area contributed by atoms with Crippen molar-refractivity contribution in [2.75, 3.05) is 13.2 Å². The van der Waals surface area contributed by atoms with E-state index in [1.807, 2.05) is 0 Å². The van der Waals surface area contributed by atoms with Crippen LogP contribution in [-0.4, -0.2) is 38.2 Å². The quantitative estimate of drug-likeness (QED) is 0.615. The van der Waals surface area contributed by atoms with Crippen molar-refractivity contribution in [2.24, 2.45) is 0 Å². The number of nitrogens with zero attached hydrogens (tertiary/aromatic N) is 3. The van der Waals surface area contributed by atoms with E-state index in [1.54, 1.807) is 24.3 Å². The second kappa shape index (κ2) is 7.58. The second-order valence-corrected chi connectivity index (χ2v) is 8.38. The number of hydrogen-bond donors (Lipinski definition) is 1. The third-order valence-electron chi connectivity index (χ3n) is 5.99. The summed E-state index contributed by atoms with van der Waals surface area (Å²) in [5, 5.41) is 11.3. The summed E-state index contributed by atoms with van der Waals surface area (Å²) in [5.74, 6) is -0.335. The lowest BCUT2D eigenvalue weighted by molar-refractivity contribution is -0.137. The smallest absolute Gasteiger partial charge is 0.416 e. The average molecular weight is 480 g/mol.